The number of carbonyl (C=O) groups is 1. The third-order valence-electron chi connectivity index (χ3n) is 8.06. The highest BCUT2D eigenvalue weighted by Crippen LogP contribution is 2.45. The van der Waals surface area contributed by atoms with Crippen molar-refractivity contribution in [2.75, 3.05) is 13.1 Å². The van der Waals surface area contributed by atoms with E-state index in [9.17, 15) is 35.9 Å². The number of rotatable bonds is 7. The number of halogens is 7. The molecule has 3 aromatic rings. The molecule has 1 atom stereocenters. The van der Waals surface area contributed by atoms with Crippen LogP contribution in [0.1, 0.15) is 53.5 Å². The SMILES string of the molecule is Cc1c(CN(Cc2cc(C(F)(F)F)cc(C(F)(F)F)c2)C(=O)C2(CC3CC3)CCNC2)cc2[nH]c(=O)ccc2c1F. The Bertz CT molecular complexity index is 1500. The number of H-pyrrole nitrogens is 1. The highest BCUT2D eigenvalue weighted by Gasteiger charge is 2.47. The van der Waals surface area contributed by atoms with Crippen LogP contribution in [-0.4, -0.2) is 28.9 Å². The third kappa shape index (κ3) is 6.12. The van der Waals surface area contributed by atoms with E-state index in [2.05, 4.69) is 10.3 Å². The number of hydrogen-bond donors (Lipinski definition) is 2. The second-order valence-electron chi connectivity index (χ2n) is 11.2. The van der Waals surface area contributed by atoms with Crippen LogP contribution < -0.4 is 10.9 Å². The van der Waals surface area contributed by atoms with Crippen molar-refractivity contribution in [1.29, 1.82) is 0 Å². The van der Waals surface area contributed by atoms with Crippen LogP contribution in [-0.2, 0) is 30.2 Å². The van der Waals surface area contributed by atoms with Crippen LogP contribution in [0.4, 0.5) is 30.7 Å². The lowest BCUT2D eigenvalue weighted by Crippen LogP contribution is -2.45. The smallest absolute Gasteiger partial charge is 0.334 e. The molecule has 0 bridgehead atoms. The maximum Gasteiger partial charge on any atom is 0.416 e. The third-order valence-corrected chi connectivity index (χ3v) is 8.06. The van der Waals surface area contributed by atoms with E-state index >= 15 is 4.39 Å². The molecule has 1 aliphatic carbocycles. The maximum atomic E-state index is 15.3. The predicted octanol–water partition coefficient (Wildman–Crippen LogP) is 6.32. The van der Waals surface area contributed by atoms with Crippen molar-refractivity contribution in [1.82, 2.24) is 15.2 Å². The van der Waals surface area contributed by atoms with Gasteiger partial charge < -0.3 is 15.2 Å². The monoisotopic (exact) mass is 583 g/mol. The van der Waals surface area contributed by atoms with Gasteiger partial charge in [0.25, 0.3) is 0 Å². The van der Waals surface area contributed by atoms with Crippen LogP contribution in [0.15, 0.2) is 41.2 Å². The van der Waals surface area contributed by atoms with Crippen molar-refractivity contribution < 1.29 is 35.5 Å². The first-order chi connectivity index (χ1) is 19.2. The number of aromatic nitrogens is 1. The van der Waals surface area contributed by atoms with Crippen molar-refractivity contribution in [2.45, 2.75) is 58.0 Å². The summed E-state index contributed by atoms with van der Waals surface area (Å²) < 4.78 is 96.8. The average Bonchev–Trinajstić information content (AvgIpc) is 3.58. The van der Waals surface area contributed by atoms with Gasteiger partial charge in [0.2, 0.25) is 11.5 Å². The molecule has 0 radical (unpaired) electrons. The summed E-state index contributed by atoms with van der Waals surface area (Å²) >= 11 is 0. The van der Waals surface area contributed by atoms with Crippen LogP contribution in [0.5, 0.6) is 0 Å². The Labute approximate surface area is 230 Å². The number of carbonyl (C=O) groups excluding carboxylic acids is 1. The Hall–Kier alpha value is -3.41. The number of fused-ring (bicyclic) bond motifs is 1. The zero-order valence-electron chi connectivity index (χ0n) is 22.1. The summed E-state index contributed by atoms with van der Waals surface area (Å²) in [4.78, 5) is 29.8. The van der Waals surface area contributed by atoms with E-state index in [1.54, 1.807) is 0 Å². The van der Waals surface area contributed by atoms with Crippen molar-refractivity contribution in [3.8, 4) is 0 Å². The van der Waals surface area contributed by atoms with Crippen LogP contribution >= 0.6 is 0 Å². The van der Waals surface area contributed by atoms with Crippen LogP contribution in [0.3, 0.4) is 0 Å². The number of nitrogens with zero attached hydrogens (tertiary/aromatic N) is 1. The summed E-state index contributed by atoms with van der Waals surface area (Å²) in [5, 5.41) is 3.31. The zero-order chi connectivity index (χ0) is 29.7. The first kappa shape index (κ1) is 29.1. The molecular formula is C29H28F7N3O2. The molecule has 2 aromatic carbocycles. The second-order valence-corrected chi connectivity index (χ2v) is 11.2. The molecule has 2 N–H and O–H groups in total. The van der Waals surface area contributed by atoms with Gasteiger partial charge in [0, 0.05) is 31.1 Å². The molecule has 1 unspecified atom stereocenters. The molecule has 5 rings (SSSR count). The molecule has 1 amide bonds. The van der Waals surface area contributed by atoms with E-state index in [-0.39, 0.29) is 40.2 Å². The number of aromatic amines is 1. The van der Waals surface area contributed by atoms with Gasteiger partial charge >= 0.3 is 12.4 Å². The Morgan fingerprint density at radius 2 is 1.66 bits per heavy atom. The van der Waals surface area contributed by atoms with Crippen molar-refractivity contribution in [3.63, 3.8) is 0 Å². The maximum absolute atomic E-state index is 15.3. The first-order valence-corrected chi connectivity index (χ1v) is 13.3. The summed E-state index contributed by atoms with van der Waals surface area (Å²) in [7, 11) is 0. The number of benzene rings is 2. The highest BCUT2D eigenvalue weighted by molar-refractivity contribution is 5.84. The number of nitrogens with one attached hydrogen (secondary N) is 2. The zero-order valence-corrected chi connectivity index (χ0v) is 22.1. The van der Waals surface area contributed by atoms with E-state index < -0.39 is 52.7 Å². The molecule has 1 aromatic heterocycles. The highest BCUT2D eigenvalue weighted by atomic mass is 19.4. The average molecular weight is 584 g/mol. The molecule has 2 heterocycles. The molecule has 1 saturated carbocycles. The van der Waals surface area contributed by atoms with E-state index in [0.29, 0.717) is 44.0 Å². The van der Waals surface area contributed by atoms with Crippen LogP contribution in [0, 0.1) is 24.1 Å². The molecule has 1 aliphatic heterocycles. The summed E-state index contributed by atoms with van der Waals surface area (Å²) in [6, 6.07) is 5.25. The van der Waals surface area contributed by atoms with E-state index in [0.717, 1.165) is 12.8 Å². The summed E-state index contributed by atoms with van der Waals surface area (Å²) in [6.07, 6.45) is -7.19. The molecule has 0 spiro atoms. The molecule has 2 aliphatic rings. The standard InChI is InChI=1S/C29H28F7N3O2/c1-16-19(10-23-22(25(16)30)4-5-24(40)38-23)14-39(26(41)27(6-7-37-15-27)12-17-2-3-17)13-18-8-20(28(31,32)33)11-21(9-18)29(34,35)36/h4-5,8-11,17,37H,2-3,6-7,12-15H2,1H3,(H,38,40). The van der Waals surface area contributed by atoms with Crippen molar-refractivity contribution in [3.05, 3.63) is 80.4 Å². The lowest BCUT2D eigenvalue weighted by molar-refractivity contribution is -0.143. The van der Waals surface area contributed by atoms with Gasteiger partial charge in [-0.05, 0) is 79.3 Å². The van der Waals surface area contributed by atoms with Gasteiger partial charge in [-0.2, -0.15) is 26.3 Å². The predicted molar refractivity (Wildman–Crippen MR) is 137 cm³/mol. The fraction of sp³-hybridized carbons (Fsp3) is 0.448. The van der Waals surface area contributed by atoms with E-state index in [4.69, 9.17) is 0 Å². The van der Waals surface area contributed by atoms with Gasteiger partial charge in [-0.3, -0.25) is 9.59 Å². The molecule has 41 heavy (non-hydrogen) atoms. The minimum atomic E-state index is -5.04. The van der Waals surface area contributed by atoms with Crippen LogP contribution in [0.2, 0.25) is 0 Å². The number of alkyl halides is 6. The van der Waals surface area contributed by atoms with Crippen molar-refractivity contribution in [2.24, 2.45) is 11.3 Å². The topological polar surface area (TPSA) is 65.2 Å². The van der Waals surface area contributed by atoms with Crippen molar-refractivity contribution >= 4 is 16.8 Å². The fourth-order valence-electron chi connectivity index (χ4n) is 5.72. The van der Waals surface area contributed by atoms with Gasteiger partial charge in [-0.1, -0.05) is 12.8 Å². The summed E-state index contributed by atoms with van der Waals surface area (Å²) in [6.45, 7) is 1.51. The summed E-state index contributed by atoms with van der Waals surface area (Å²) in [5.41, 5.74) is -4.07. The van der Waals surface area contributed by atoms with Gasteiger partial charge in [0.05, 0.1) is 22.1 Å². The molecule has 12 heteroatoms. The van der Waals surface area contributed by atoms with E-state index in [1.807, 2.05) is 0 Å². The second kappa shape index (κ2) is 10.5. The van der Waals surface area contributed by atoms with Gasteiger partial charge in [-0.25, -0.2) is 4.39 Å². The minimum absolute atomic E-state index is 0.0460. The number of hydrogen-bond acceptors (Lipinski definition) is 3. The largest absolute Gasteiger partial charge is 0.416 e. The first-order valence-electron chi connectivity index (χ1n) is 13.3. The quantitative estimate of drug-likeness (QED) is 0.320. The Morgan fingerprint density at radius 1 is 1.00 bits per heavy atom. The Balaban J connectivity index is 1.60. The molecule has 220 valence electrons. The summed E-state index contributed by atoms with van der Waals surface area (Å²) in [5.74, 6) is -0.743. The minimum Gasteiger partial charge on any atom is -0.334 e. The molecule has 2 fully saturated rings. The van der Waals surface area contributed by atoms with Crippen LogP contribution in [0.25, 0.3) is 10.9 Å². The van der Waals surface area contributed by atoms with E-state index in [1.165, 1.54) is 30.0 Å². The molecule has 5 nitrogen and oxygen atoms in total. The Morgan fingerprint density at radius 3 is 2.22 bits per heavy atom. The van der Waals surface area contributed by atoms with Gasteiger partial charge in [-0.15, -0.1) is 0 Å². The Kier molecular flexibility index (Phi) is 7.42. The normalized spacial score (nSPS) is 19.6. The van der Waals surface area contributed by atoms with Gasteiger partial charge in [0.15, 0.2) is 0 Å². The molecular weight excluding hydrogens is 555 g/mol. The lowest BCUT2D eigenvalue weighted by atomic mass is 9.80. The molecule has 1 saturated heterocycles. The number of pyridine rings is 1. The lowest BCUT2D eigenvalue weighted by Gasteiger charge is -2.35. The van der Waals surface area contributed by atoms with Gasteiger partial charge in [0.1, 0.15) is 5.82 Å². The fourth-order valence-corrected chi connectivity index (χ4v) is 5.72. The number of amides is 1.